The maximum absolute atomic E-state index is 3.77. The van der Waals surface area contributed by atoms with Crippen LogP contribution in [0.4, 0.5) is 5.69 Å². The van der Waals surface area contributed by atoms with E-state index in [-0.39, 0.29) is 0 Å². The summed E-state index contributed by atoms with van der Waals surface area (Å²) in [7, 11) is 0. The number of hydrogen-bond donors (Lipinski definition) is 2. The molecule has 0 spiro atoms. The first kappa shape index (κ1) is 13.8. The largest absolute Gasteiger partial charge is 0.381 e. The van der Waals surface area contributed by atoms with Crippen molar-refractivity contribution in [3.63, 3.8) is 0 Å². The Kier molecular flexibility index (Phi) is 3.63. The molecule has 2 heterocycles. The smallest absolute Gasteiger partial charge is 0.0384 e. The zero-order valence-electron chi connectivity index (χ0n) is 13.2. The molecule has 0 amide bonds. The second kappa shape index (κ2) is 5.77. The van der Waals surface area contributed by atoms with Crippen LogP contribution < -0.4 is 10.6 Å². The Morgan fingerprint density at radius 2 is 1.82 bits per heavy atom. The quantitative estimate of drug-likeness (QED) is 0.868. The van der Waals surface area contributed by atoms with Gasteiger partial charge in [-0.1, -0.05) is 43.3 Å². The number of hydrogen-bond acceptors (Lipinski definition) is 2. The van der Waals surface area contributed by atoms with Gasteiger partial charge in [0.15, 0.2) is 0 Å². The number of benzene rings is 2. The van der Waals surface area contributed by atoms with Crippen LogP contribution in [0.15, 0.2) is 42.5 Å². The molecule has 2 heteroatoms. The van der Waals surface area contributed by atoms with Crippen LogP contribution in [0.1, 0.15) is 36.8 Å². The lowest BCUT2D eigenvalue weighted by Gasteiger charge is -2.18. The molecule has 22 heavy (non-hydrogen) atoms. The Morgan fingerprint density at radius 3 is 2.64 bits per heavy atom. The molecule has 2 aromatic rings. The van der Waals surface area contributed by atoms with Gasteiger partial charge in [0.1, 0.15) is 0 Å². The maximum Gasteiger partial charge on any atom is 0.0384 e. The second-order valence-electron chi connectivity index (χ2n) is 6.50. The Labute approximate surface area is 132 Å². The first-order chi connectivity index (χ1) is 10.9. The van der Waals surface area contributed by atoms with E-state index >= 15 is 0 Å². The van der Waals surface area contributed by atoms with E-state index in [1.807, 2.05) is 0 Å². The summed E-state index contributed by atoms with van der Waals surface area (Å²) in [5.74, 6) is 0.645. The van der Waals surface area contributed by atoms with Gasteiger partial charge in [-0.2, -0.15) is 0 Å². The van der Waals surface area contributed by atoms with Gasteiger partial charge in [-0.25, -0.2) is 0 Å². The summed E-state index contributed by atoms with van der Waals surface area (Å²) >= 11 is 0. The average molecular weight is 292 g/mol. The molecule has 4 rings (SSSR count). The van der Waals surface area contributed by atoms with E-state index in [1.54, 1.807) is 5.56 Å². The van der Waals surface area contributed by atoms with Crippen molar-refractivity contribution in [2.75, 3.05) is 18.4 Å². The number of nitrogens with one attached hydrogen (secondary N) is 2. The van der Waals surface area contributed by atoms with Crippen molar-refractivity contribution in [1.29, 1.82) is 0 Å². The van der Waals surface area contributed by atoms with E-state index in [9.17, 15) is 0 Å². The summed E-state index contributed by atoms with van der Waals surface area (Å²) in [5, 5.41) is 7.31. The molecule has 0 aliphatic carbocycles. The van der Waals surface area contributed by atoms with Gasteiger partial charge in [0.2, 0.25) is 0 Å². The van der Waals surface area contributed by atoms with E-state index in [4.69, 9.17) is 0 Å². The van der Waals surface area contributed by atoms with Gasteiger partial charge in [-0.15, -0.1) is 0 Å². The minimum Gasteiger partial charge on any atom is -0.381 e. The minimum absolute atomic E-state index is 0.598. The zero-order valence-corrected chi connectivity index (χ0v) is 13.2. The summed E-state index contributed by atoms with van der Waals surface area (Å²) in [4.78, 5) is 0. The molecule has 1 fully saturated rings. The fourth-order valence-corrected chi connectivity index (χ4v) is 4.02. The highest BCUT2D eigenvalue weighted by Gasteiger charge is 2.34. The molecule has 1 saturated heterocycles. The molecule has 0 saturated carbocycles. The van der Waals surface area contributed by atoms with Crippen LogP contribution in [0, 0.1) is 0 Å². The molecule has 2 nitrogen and oxygen atoms in total. The summed E-state index contributed by atoms with van der Waals surface area (Å²) in [6, 6.07) is 16.4. The van der Waals surface area contributed by atoms with Crippen LogP contribution in [-0.4, -0.2) is 19.1 Å². The molecule has 0 bridgehead atoms. The van der Waals surface area contributed by atoms with Gasteiger partial charge in [0.05, 0.1) is 0 Å². The average Bonchev–Trinajstić information content (AvgIpc) is 2.76. The van der Waals surface area contributed by atoms with Crippen LogP contribution in [0.2, 0.25) is 0 Å². The minimum atomic E-state index is 0.598. The summed E-state index contributed by atoms with van der Waals surface area (Å²) in [5.41, 5.74) is 7.08. The van der Waals surface area contributed by atoms with Gasteiger partial charge in [-0.05, 0) is 60.7 Å². The molecule has 0 aromatic heterocycles. The van der Waals surface area contributed by atoms with Crippen LogP contribution in [-0.2, 0) is 6.42 Å². The van der Waals surface area contributed by atoms with Crippen molar-refractivity contribution < 1.29 is 0 Å². The molecule has 2 atom stereocenters. The lowest BCUT2D eigenvalue weighted by atomic mass is 9.86. The normalized spacial score (nSPS) is 23.3. The first-order valence-electron chi connectivity index (χ1n) is 8.56. The number of aryl methyl sites for hydroxylation is 1. The molecular formula is C20H24N2. The Bertz CT molecular complexity index is 660. The van der Waals surface area contributed by atoms with Crippen molar-refractivity contribution in [2.45, 2.75) is 38.1 Å². The van der Waals surface area contributed by atoms with Gasteiger partial charge in [0.25, 0.3) is 0 Å². The highest BCUT2D eigenvalue weighted by atomic mass is 15.0. The Morgan fingerprint density at radius 1 is 1.00 bits per heavy atom. The highest BCUT2D eigenvalue weighted by molar-refractivity contribution is 5.77. The second-order valence-corrected chi connectivity index (χ2v) is 6.50. The first-order valence-corrected chi connectivity index (χ1v) is 8.56. The fourth-order valence-electron chi connectivity index (χ4n) is 4.02. The summed E-state index contributed by atoms with van der Waals surface area (Å²) in [6.07, 6.45) is 3.55. The summed E-state index contributed by atoms with van der Waals surface area (Å²) < 4.78 is 0. The van der Waals surface area contributed by atoms with E-state index < -0.39 is 0 Å². The third-order valence-corrected chi connectivity index (χ3v) is 5.24. The molecular weight excluding hydrogens is 268 g/mol. The molecule has 2 aromatic carbocycles. The zero-order chi connectivity index (χ0) is 14.9. The third kappa shape index (κ3) is 2.32. The fraction of sp³-hybridized carbons (Fsp3) is 0.400. The van der Waals surface area contributed by atoms with Gasteiger partial charge < -0.3 is 10.6 Å². The van der Waals surface area contributed by atoms with Gasteiger partial charge >= 0.3 is 0 Å². The monoisotopic (exact) mass is 292 g/mol. The van der Waals surface area contributed by atoms with E-state index in [2.05, 4.69) is 60.0 Å². The number of fused-ring (bicyclic) bond motifs is 3. The molecule has 114 valence electrons. The van der Waals surface area contributed by atoms with E-state index in [0.717, 1.165) is 19.5 Å². The van der Waals surface area contributed by atoms with Crippen LogP contribution in [0.25, 0.3) is 11.1 Å². The molecule has 2 N–H and O–H groups in total. The number of rotatable bonds is 2. The van der Waals surface area contributed by atoms with Gasteiger partial charge in [-0.3, -0.25) is 0 Å². The van der Waals surface area contributed by atoms with Crippen molar-refractivity contribution in [1.82, 2.24) is 5.32 Å². The molecule has 0 radical (unpaired) electrons. The van der Waals surface area contributed by atoms with Crippen LogP contribution >= 0.6 is 0 Å². The highest BCUT2D eigenvalue weighted by Crippen LogP contribution is 2.45. The predicted molar refractivity (Wildman–Crippen MR) is 93.5 cm³/mol. The SMILES string of the molecule is CCc1ccc(-c2cccc3c2C2CCNCCC2N3)cc1. The van der Waals surface area contributed by atoms with Crippen molar-refractivity contribution >= 4 is 5.69 Å². The summed E-state index contributed by atoms with van der Waals surface area (Å²) in [6.45, 7) is 4.47. The van der Waals surface area contributed by atoms with E-state index in [0.29, 0.717) is 12.0 Å². The van der Waals surface area contributed by atoms with Crippen molar-refractivity contribution in [3.8, 4) is 11.1 Å². The van der Waals surface area contributed by atoms with Gasteiger partial charge in [0, 0.05) is 17.6 Å². The third-order valence-electron chi connectivity index (χ3n) is 5.24. The lowest BCUT2D eigenvalue weighted by Crippen LogP contribution is -2.21. The Balaban J connectivity index is 1.77. The Hall–Kier alpha value is -1.80. The van der Waals surface area contributed by atoms with Crippen molar-refractivity contribution in [3.05, 3.63) is 53.6 Å². The lowest BCUT2D eigenvalue weighted by molar-refractivity contribution is 0.579. The molecule has 2 unspecified atom stereocenters. The van der Waals surface area contributed by atoms with Crippen LogP contribution in [0.3, 0.4) is 0 Å². The van der Waals surface area contributed by atoms with E-state index in [1.165, 1.54) is 35.2 Å². The number of anilines is 1. The standard InChI is InChI=1S/C20H24N2/c1-2-14-6-8-15(9-7-14)16-4-3-5-19-20(16)17-10-12-21-13-11-18(17)22-19/h3-9,17-18,21-22H,2,10-13H2,1H3. The van der Waals surface area contributed by atoms with Crippen LogP contribution in [0.5, 0.6) is 0 Å². The molecule has 2 aliphatic rings. The molecule has 2 aliphatic heterocycles. The topological polar surface area (TPSA) is 24.1 Å². The predicted octanol–water partition coefficient (Wildman–Crippen LogP) is 4.18. The maximum atomic E-state index is 3.77. The van der Waals surface area contributed by atoms with Crippen molar-refractivity contribution in [2.24, 2.45) is 0 Å².